The number of piperazine rings is 1. The van der Waals surface area contributed by atoms with Crippen LogP contribution >= 0.6 is 0 Å². The predicted octanol–water partition coefficient (Wildman–Crippen LogP) is 1.98. The molecule has 2 N–H and O–H groups in total. The van der Waals surface area contributed by atoms with Gasteiger partial charge in [0.25, 0.3) is 0 Å². The van der Waals surface area contributed by atoms with E-state index in [4.69, 9.17) is 4.74 Å². The number of nitrogens with zero attached hydrogens (tertiary/aromatic N) is 3. The van der Waals surface area contributed by atoms with Crippen LogP contribution in [0.1, 0.15) is 26.3 Å². The fourth-order valence-electron chi connectivity index (χ4n) is 2.70. The highest BCUT2D eigenvalue weighted by atomic mass is 16.6. The minimum Gasteiger partial charge on any atom is -0.444 e. The Balaban J connectivity index is 0.000000198. The number of hydrogen-bond donors (Lipinski definition) is 2. The van der Waals surface area contributed by atoms with Crippen molar-refractivity contribution in [2.75, 3.05) is 33.2 Å². The van der Waals surface area contributed by atoms with E-state index in [1.807, 2.05) is 46.3 Å². The molecule has 1 saturated heterocycles. The zero-order valence-electron chi connectivity index (χ0n) is 16.5. The summed E-state index contributed by atoms with van der Waals surface area (Å²) in [4.78, 5) is 32.6. The topological polar surface area (TPSA) is 90.6 Å². The zero-order valence-corrected chi connectivity index (χ0v) is 16.5. The van der Waals surface area contributed by atoms with E-state index in [1.165, 1.54) is 10.9 Å². The zero-order chi connectivity index (χ0) is 19.9. The summed E-state index contributed by atoms with van der Waals surface area (Å²) in [6.07, 6.45) is 4.25. The molecule has 27 heavy (non-hydrogen) atoms. The average Bonchev–Trinajstić information content (AvgIpc) is 3.11. The molecule has 0 spiro atoms. The highest BCUT2D eigenvalue weighted by Crippen LogP contribution is 2.14. The van der Waals surface area contributed by atoms with Crippen molar-refractivity contribution in [1.29, 1.82) is 0 Å². The van der Waals surface area contributed by atoms with E-state index in [9.17, 15) is 9.59 Å². The van der Waals surface area contributed by atoms with Crippen LogP contribution in [-0.4, -0.2) is 71.1 Å². The van der Waals surface area contributed by atoms with Crippen molar-refractivity contribution in [2.45, 2.75) is 32.9 Å². The smallest absolute Gasteiger partial charge is 0.410 e. The number of H-pyrrole nitrogens is 1. The second-order valence-corrected chi connectivity index (χ2v) is 7.35. The van der Waals surface area contributed by atoms with E-state index < -0.39 is 5.60 Å². The van der Waals surface area contributed by atoms with Crippen LogP contribution in [0.2, 0.25) is 0 Å². The van der Waals surface area contributed by atoms with Gasteiger partial charge in [-0.3, -0.25) is 4.79 Å². The molecule has 3 rings (SSSR count). The lowest BCUT2D eigenvalue weighted by Gasteiger charge is -2.33. The molecule has 8 nitrogen and oxygen atoms in total. The number of nitrogens with one attached hydrogen (secondary N) is 2. The molecule has 0 saturated carbocycles. The number of amides is 2. The number of hydrogen-bond acceptors (Lipinski definition) is 5. The van der Waals surface area contributed by atoms with E-state index in [1.54, 1.807) is 9.80 Å². The van der Waals surface area contributed by atoms with Gasteiger partial charge in [0.05, 0.1) is 0 Å². The number of carbonyl (C=O) groups excluding carboxylic acids is 2. The normalized spacial score (nSPS) is 14.5. The standard InChI is InChI=1S/C10H18N2O3.C9H11N3/c1-10(2,3)15-9(14)12-6-4-11(8-13)5-7-12;1-10-6-7-2-4-11-9-8(7)3-5-12-9/h8H,4-7H2,1-3H3;2-5,10H,6H2,1H3,(H,11,12). The molecule has 0 bridgehead atoms. The van der Waals surface area contributed by atoms with Crippen LogP contribution in [0.25, 0.3) is 11.0 Å². The molecule has 0 aromatic carbocycles. The van der Waals surface area contributed by atoms with Gasteiger partial charge in [-0.15, -0.1) is 0 Å². The van der Waals surface area contributed by atoms with Gasteiger partial charge in [-0.2, -0.15) is 0 Å². The van der Waals surface area contributed by atoms with Crippen molar-refractivity contribution in [3.8, 4) is 0 Å². The lowest BCUT2D eigenvalue weighted by Crippen LogP contribution is -2.49. The molecule has 2 aromatic heterocycles. The van der Waals surface area contributed by atoms with Gasteiger partial charge in [0.2, 0.25) is 6.41 Å². The SMILES string of the molecule is CC(C)(C)OC(=O)N1CCN(C=O)CC1.CNCc1ccnc2[nH]ccc12. The fraction of sp³-hybridized carbons (Fsp3) is 0.526. The van der Waals surface area contributed by atoms with Gasteiger partial charge in [0, 0.05) is 50.5 Å². The van der Waals surface area contributed by atoms with Gasteiger partial charge in [-0.1, -0.05) is 0 Å². The number of aromatic nitrogens is 2. The summed E-state index contributed by atoms with van der Waals surface area (Å²) in [5, 5.41) is 4.33. The maximum atomic E-state index is 11.6. The van der Waals surface area contributed by atoms with Gasteiger partial charge >= 0.3 is 6.09 Å². The summed E-state index contributed by atoms with van der Waals surface area (Å²) in [6.45, 7) is 8.68. The van der Waals surface area contributed by atoms with Crippen LogP contribution in [0.15, 0.2) is 24.5 Å². The molecule has 148 valence electrons. The van der Waals surface area contributed by atoms with Crippen molar-refractivity contribution < 1.29 is 14.3 Å². The molecular formula is C19H29N5O3. The number of fused-ring (bicyclic) bond motifs is 1. The molecule has 1 aliphatic rings. The van der Waals surface area contributed by atoms with Crippen molar-refractivity contribution in [2.24, 2.45) is 0 Å². The maximum Gasteiger partial charge on any atom is 0.410 e. The number of carbonyl (C=O) groups is 2. The number of ether oxygens (including phenoxy) is 1. The predicted molar refractivity (Wildman–Crippen MR) is 104 cm³/mol. The van der Waals surface area contributed by atoms with Gasteiger partial charge in [-0.05, 0) is 45.5 Å². The number of aromatic amines is 1. The summed E-state index contributed by atoms with van der Waals surface area (Å²) in [7, 11) is 1.94. The van der Waals surface area contributed by atoms with Crippen LogP contribution in [0.5, 0.6) is 0 Å². The Morgan fingerprint density at radius 2 is 2.00 bits per heavy atom. The van der Waals surface area contributed by atoms with Gasteiger partial charge in [-0.25, -0.2) is 9.78 Å². The molecular weight excluding hydrogens is 346 g/mol. The van der Waals surface area contributed by atoms with Crippen LogP contribution in [-0.2, 0) is 16.1 Å². The molecule has 2 aromatic rings. The Kier molecular flexibility index (Phi) is 7.18. The Morgan fingerprint density at radius 3 is 2.59 bits per heavy atom. The molecule has 0 atom stereocenters. The average molecular weight is 375 g/mol. The first-order valence-electron chi connectivity index (χ1n) is 9.07. The van der Waals surface area contributed by atoms with Crippen LogP contribution in [0.4, 0.5) is 4.79 Å². The van der Waals surface area contributed by atoms with Gasteiger partial charge in [0.15, 0.2) is 0 Å². The molecule has 0 radical (unpaired) electrons. The minimum absolute atomic E-state index is 0.298. The van der Waals surface area contributed by atoms with Gasteiger partial charge in [0.1, 0.15) is 11.2 Å². The molecule has 1 fully saturated rings. The van der Waals surface area contributed by atoms with E-state index in [-0.39, 0.29) is 6.09 Å². The van der Waals surface area contributed by atoms with Crippen molar-refractivity contribution in [3.05, 3.63) is 30.1 Å². The summed E-state index contributed by atoms with van der Waals surface area (Å²) in [5.74, 6) is 0. The Hall–Kier alpha value is -2.61. The summed E-state index contributed by atoms with van der Waals surface area (Å²) in [5.41, 5.74) is 1.78. The summed E-state index contributed by atoms with van der Waals surface area (Å²) < 4.78 is 5.23. The van der Waals surface area contributed by atoms with E-state index in [0.717, 1.165) is 18.6 Å². The van der Waals surface area contributed by atoms with E-state index >= 15 is 0 Å². The van der Waals surface area contributed by atoms with Gasteiger partial charge < -0.3 is 24.8 Å². The van der Waals surface area contributed by atoms with Crippen molar-refractivity contribution >= 4 is 23.5 Å². The molecule has 8 heteroatoms. The Labute approximate surface area is 159 Å². The fourth-order valence-corrected chi connectivity index (χ4v) is 2.70. The molecule has 0 unspecified atom stereocenters. The third-order valence-electron chi connectivity index (χ3n) is 4.03. The summed E-state index contributed by atoms with van der Waals surface area (Å²) in [6, 6.07) is 4.08. The summed E-state index contributed by atoms with van der Waals surface area (Å²) >= 11 is 0. The van der Waals surface area contributed by atoms with E-state index in [2.05, 4.69) is 21.4 Å². The molecule has 3 heterocycles. The largest absolute Gasteiger partial charge is 0.444 e. The quantitative estimate of drug-likeness (QED) is 0.801. The van der Waals surface area contributed by atoms with Crippen LogP contribution in [0.3, 0.4) is 0 Å². The lowest BCUT2D eigenvalue weighted by atomic mass is 10.2. The monoisotopic (exact) mass is 375 g/mol. The molecule has 0 aliphatic carbocycles. The lowest BCUT2D eigenvalue weighted by molar-refractivity contribution is -0.119. The van der Waals surface area contributed by atoms with Crippen LogP contribution < -0.4 is 5.32 Å². The van der Waals surface area contributed by atoms with Crippen LogP contribution in [0, 0.1) is 0 Å². The Morgan fingerprint density at radius 1 is 1.30 bits per heavy atom. The highest BCUT2D eigenvalue weighted by Gasteiger charge is 2.25. The Bertz CT molecular complexity index is 745. The first-order chi connectivity index (χ1) is 12.8. The second-order valence-electron chi connectivity index (χ2n) is 7.35. The maximum absolute atomic E-state index is 11.6. The first kappa shape index (κ1) is 20.7. The highest BCUT2D eigenvalue weighted by molar-refractivity contribution is 5.79. The van der Waals surface area contributed by atoms with Crippen molar-refractivity contribution in [1.82, 2.24) is 25.1 Å². The van der Waals surface area contributed by atoms with E-state index in [0.29, 0.717) is 26.2 Å². The first-order valence-corrected chi connectivity index (χ1v) is 9.07. The third kappa shape index (κ3) is 6.25. The van der Waals surface area contributed by atoms with Crippen molar-refractivity contribution in [3.63, 3.8) is 0 Å². The molecule has 1 aliphatic heterocycles. The number of pyridine rings is 1. The second kappa shape index (κ2) is 9.36. The third-order valence-corrected chi connectivity index (χ3v) is 4.03. The number of rotatable bonds is 3. The molecule has 2 amide bonds. The minimum atomic E-state index is -0.459.